The molecule has 2 N–H and O–H groups in total. The molecule has 3 rings (SSSR count). The van der Waals surface area contributed by atoms with Crippen LogP contribution in [0.3, 0.4) is 0 Å². The van der Waals surface area contributed by atoms with E-state index in [-0.39, 0.29) is 5.91 Å². The predicted molar refractivity (Wildman–Crippen MR) is 100 cm³/mol. The molecule has 126 valence electrons. The van der Waals surface area contributed by atoms with E-state index in [2.05, 4.69) is 15.5 Å². The second-order valence-electron chi connectivity index (χ2n) is 6.17. The highest BCUT2D eigenvalue weighted by Gasteiger charge is 2.16. The molecular formula is C19H22ClN3O. The van der Waals surface area contributed by atoms with E-state index in [1.165, 1.54) is 5.56 Å². The molecule has 2 aromatic rings. The Morgan fingerprint density at radius 1 is 1.12 bits per heavy atom. The zero-order chi connectivity index (χ0) is 17.1. The minimum atomic E-state index is -0.177. The third-order valence-corrected chi connectivity index (χ3v) is 4.64. The minimum Gasteiger partial charge on any atom is -0.369 e. The Morgan fingerprint density at radius 3 is 2.58 bits per heavy atom. The van der Waals surface area contributed by atoms with Gasteiger partial charge in [-0.15, -0.1) is 0 Å². The first-order chi connectivity index (χ1) is 11.5. The molecule has 1 aliphatic heterocycles. The van der Waals surface area contributed by atoms with Gasteiger partial charge in [-0.25, -0.2) is 0 Å². The average Bonchev–Trinajstić information content (AvgIpc) is 2.58. The van der Waals surface area contributed by atoms with Crippen LogP contribution in [-0.4, -0.2) is 32.1 Å². The van der Waals surface area contributed by atoms with Gasteiger partial charge in [0.25, 0.3) is 5.91 Å². The van der Waals surface area contributed by atoms with E-state index in [0.29, 0.717) is 10.6 Å². The van der Waals surface area contributed by atoms with Gasteiger partial charge in [0.2, 0.25) is 0 Å². The van der Waals surface area contributed by atoms with Crippen molar-refractivity contribution in [2.75, 3.05) is 36.4 Å². The number of piperazine rings is 1. The van der Waals surface area contributed by atoms with Gasteiger partial charge in [-0.3, -0.25) is 4.79 Å². The lowest BCUT2D eigenvalue weighted by Gasteiger charge is -2.29. The molecule has 0 bridgehead atoms. The van der Waals surface area contributed by atoms with E-state index in [4.69, 9.17) is 11.6 Å². The maximum Gasteiger partial charge on any atom is 0.257 e. The highest BCUT2D eigenvalue weighted by atomic mass is 35.5. The van der Waals surface area contributed by atoms with Crippen molar-refractivity contribution in [3.05, 3.63) is 58.1 Å². The van der Waals surface area contributed by atoms with E-state index >= 15 is 0 Å². The van der Waals surface area contributed by atoms with Crippen molar-refractivity contribution in [2.45, 2.75) is 13.8 Å². The molecule has 0 atom stereocenters. The number of halogens is 1. The van der Waals surface area contributed by atoms with Gasteiger partial charge < -0.3 is 15.5 Å². The van der Waals surface area contributed by atoms with Crippen molar-refractivity contribution in [1.29, 1.82) is 0 Å². The number of carbonyl (C=O) groups is 1. The third kappa shape index (κ3) is 3.71. The first kappa shape index (κ1) is 16.8. The first-order valence-electron chi connectivity index (χ1n) is 8.18. The van der Waals surface area contributed by atoms with Crippen LogP contribution in [0.4, 0.5) is 11.4 Å². The smallest absolute Gasteiger partial charge is 0.257 e. The largest absolute Gasteiger partial charge is 0.369 e. The molecule has 0 aromatic heterocycles. The molecular weight excluding hydrogens is 322 g/mol. The van der Waals surface area contributed by atoms with E-state index in [1.54, 1.807) is 6.07 Å². The van der Waals surface area contributed by atoms with Crippen molar-refractivity contribution >= 4 is 28.9 Å². The molecule has 0 radical (unpaired) electrons. The lowest BCUT2D eigenvalue weighted by Crippen LogP contribution is -2.43. The molecule has 2 aromatic carbocycles. The maximum atomic E-state index is 12.7. The van der Waals surface area contributed by atoms with Gasteiger partial charge in [0, 0.05) is 37.6 Å². The summed E-state index contributed by atoms with van der Waals surface area (Å²) in [6.45, 7) is 7.78. The SMILES string of the molecule is Cc1ccc(NC(=O)c2cc(N3CCNCC3)ccc2Cl)c(C)c1. The molecule has 0 aliphatic carbocycles. The molecule has 4 nitrogen and oxygen atoms in total. The lowest BCUT2D eigenvalue weighted by molar-refractivity contribution is 0.102. The van der Waals surface area contributed by atoms with Crippen LogP contribution in [0.15, 0.2) is 36.4 Å². The molecule has 1 aliphatic rings. The zero-order valence-corrected chi connectivity index (χ0v) is 14.8. The number of rotatable bonds is 3. The molecule has 0 spiro atoms. The summed E-state index contributed by atoms with van der Waals surface area (Å²) in [4.78, 5) is 14.9. The van der Waals surface area contributed by atoms with Crippen LogP contribution in [0, 0.1) is 13.8 Å². The molecule has 1 saturated heterocycles. The van der Waals surface area contributed by atoms with Gasteiger partial charge in [0.05, 0.1) is 10.6 Å². The summed E-state index contributed by atoms with van der Waals surface area (Å²) in [5.41, 5.74) is 4.57. The molecule has 1 amide bonds. The van der Waals surface area contributed by atoms with Crippen molar-refractivity contribution in [3.8, 4) is 0 Å². The molecule has 1 heterocycles. The Morgan fingerprint density at radius 2 is 1.88 bits per heavy atom. The van der Waals surface area contributed by atoms with Crippen LogP contribution in [0.5, 0.6) is 0 Å². The van der Waals surface area contributed by atoms with Crippen molar-refractivity contribution in [3.63, 3.8) is 0 Å². The molecule has 0 unspecified atom stereocenters. The fraction of sp³-hybridized carbons (Fsp3) is 0.316. The van der Waals surface area contributed by atoms with E-state index in [0.717, 1.165) is 43.1 Å². The van der Waals surface area contributed by atoms with E-state index < -0.39 is 0 Å². The van der Waals surface area contributed by atoms with Crippen LogP contribution < -0.4 is 15.5 Å². The summed E-state index contributed by atoms with van der Waals surface area (Å²) in [5.74, 6) is -0.177. The Kier molecular flexibility index (Phi) is 5.07. The molecule has 1 fully saturated rings. The second kappa shape index (κ2) is 7.24. The molecule has 24 heavy (non-hydrogen) atoms. The average molecular weight is 344 g/mol. The standard InChI is InChI=1S/C19H22ClN3O/c1-13-3-6-18(14(2)11-13)22-19(24)16-12-15(4-5-17(16)20)23-9-7-21-8-10-23/h3-6,11-12,21H,7-10H2,1-2H3,(H,22,24). The van der Waals surface area contributed by atoms with Crippen molar-refractivity contribution in [1.82, 2.24) is 5.32 Å². The summed E-state index contributed by atoms with van der Waals surface area (Å²) < 4.78 is 0. The summed E-state index contributed by atoms with van der Waals surface area (Å²) >= 11 is 6.27. The summed E-state index contributed by atoms with van der Waals surface area (Å²) in [6.07, 6.45) is 0. The Labute approximate surface area is 147 Å². The van der Waals surface area contributed by atoms with Gasteiger partial charge in [-0.05, 0) is 43.7 Å². The number of nitrogens with zero attached hydrogens (tertiary/aromatic N) is 1. The van der Waals surface area contributed by atoms with Crippen molar-refractivity contribution < 1.29 is 4.79 Å². The monoisotopic (exact) mass is 343 g/mol. The van der Waals surface area contributed by atoms with Gasteiger partial charge in [0.1, 0.15) is 0 Å². The Balaban J connectivity index is 1.83. The number of carbonyl (C=O) groups excluding carboxylic acids is 1. The lowest BCUT2D eigenvalue weighted by atomic mass is 10.1. The highest BCUT2D eigenvalue weighted by molar-refractivity contribution is 6.34. The maximum absolute atomic E-state index is 12.7. The van der Waals surface area contributed by atoms with Crippen molar-refractivity contribution in [2.24, 2.45) is 0 Å². The number of aryl methyl sites for hydroxylation is 2. The van der Waals surface area contributed by atoms with Crippen LogP contribution in [0.2, 0.25) is 5.02 Å². The second-order valence-corrected chi connectivity index (χ2v) is 6.58. The number of amides is 1. The topological polar surface area (TPSA) is 44.4 Å². The van der Waals surface area contributed by atoms with Gasteiger partial charge >= 0.3 is 0 Å². The first-order valence-corrected chi connectivity index (χ1v) is 8.56. The quantitative estimate of drug-likeness (QED) is 0.894. The number of anilines is 2. The molecule has 5 heteroatoms. The molecule has 0 saturated carbocycles. The van der Waals surface area contributed by atoms with Gasteiger partial charge in [-0.1, -0.05) is 29.3 Å². The van der Waals surface area contributed by atoms with Crippen LogP contribution >= 0.6 is 11.6 Å². The Bertz CT molecular complexity index is 754. The summed E-state index contributed by atoms with van der Waals surface area (Å²) in [7, 11) is 0. The van der Waals surface area contributed by atoms with Crippen LogP contribution in [0.25, 0.3) is 0 Å². The third-order valence-electron chi connectivity index (χ3n) is 4.31. The van der Waals surface area contributed by atoms with Gasteiger partial charge in [0.15, 0.2) is 0 Å². The van der Waals surface area contributed by atoms with Crippen LogP contribution in [0.1, 0.15) is 21.5 Å². The minimum absolute atomic E-state index is 0.177. The highest BCUT2D eigenvalue weighted by Crippen LogP contribution is 2.25. The fourth-order valence-electron chi connectivity index (χ4n) is 2.95. The van der Waals surface area contributed by atoms with E-state index in [1.807, 2.05) is 44.2 Å². The predicted octanol–water partition coefficient (Wildman–Crippen LogP) is 3.62. The normalized spacial score (nSPS) is 14.5. The summed E-state index contributed by atoms with van der Waals surface area (Å²) in [5, 5.41) is 6.77. The number of hydrogen-bond donors (Lipinski definition) is 2. The fourth-order valence-corrected chi connectivity index (χ4v) is 3.15. The number of benzene rings is 2. The number of hydrogen-bond acceptors (Lipinski definition) is 3. The number of nitrogens with one attached hydrogen (secondary N) is 2. The van der Waals surface area contributed by atoms with E-state index in [9.17, 15) is 4.79 Å². The zero-order valence-electron chi connectivity index (χ0n) is 14.0. The summed E-state index contributed by atoms with van der Waals surface area (Å²) in [6, 6.07) is 11.6. The van der Waals surface area contributed by atoms with Gasteiger partial charge in [-0.2, -0.15) is 0 Å². The van der Waals surface area contributed by atoms with Crippen LogP contribution in [-0.2, 0) is 0 Å². The Hall–Kier alpha value is -2.04.